The van der Waals surface area contributed by atoms with Crippen molar-refractivity contribution in [3.05, 3.63) is 63.3 Å². The molecule has 4 N–H and O–H groups in total. The standard InChI is InChI=1S/C11H10BrF3N3O.C7H7NO2/c12-7-2-5(16)1-6(9(7)13)11(10(14)15)4-19-3-8(17)18-11;1-5-3-2-4-8-6(5)7(9)10/h1-2,10,16H,3-4H2,(H2,17,18);2-4H,1H3,(H,9,10)/q-1;/t11-;/m0./s1/i;1D3,3D,4D. The second-order valence-electron chi connectivity index (χ2n) is 5.70. The van der Waals surface area contributed by atoms with Gasteiger partial charge in [0, 0.05) is 15.8 Å². The molecule has 0 saturated carbocycles. The number of pyridine rings is 1. The van der Waals surface area contributed by atoms with E-state index >= 15 is 0 Å². The number of carboxylic acid groups (broad SMARTS) is 1. The predicted molar refractivity (Wildman–Crippen MR) is 104 cm³/mol. The first-order chi connectivity index (χ1) is 15.6. The van der Waals surface area contributed by atoms with E-state index in [1.165, 1.54) is 6.07 Å². The Labute approximate surface area is 179 Å². The Morgan fingerprint density at radius 1 is 1.55 bits per heavy atom. The second kappa shape index (κ2) is 9.23. The van der Waals surface area contributed by atoms with E-state index in [4.69, 9.17) is 28.2 Å². The molecule has 0 fully saturated rings. The molecule has 0 spiro atoms. The number of aromatic nitrogens is 1. The van der Waals surface area contributed by atoms with Crippen molar-refractivity contribution in [2.75, 3.05) is 13.2 Å². The summed E-state index contributed by atoms with van der Waals surface area (Å²) in [6.07, 6.45) is -3.44. The molecule has 0 amide bonds. The number of benzene rings is 1. The molecule has 1 aliphatic heterocycles. The first kappa shape index (κ1) is 16.2. The number of hydrogen-bond donors (Lipinski definition) is 2. The molecule has 3 rings (SSSR count). The smallest absolute Gasteiger partial charge is 0.354 e. The van der Waals surface area contributed by atoms with E-state index < -0.39 is 66.2 Å². The van der Waals surface area contributed by atoms with Crippen molar-refractivity contribution in [2.24, 2.45) is 10.7 Å². The van der Waals surface area contributed by atoms with Crippen LogP contribution in [0.25, 0.3) is 5.73 Å². The van der Waals surface area contributed by atoms with Gasteiger partial charge < -0.3 is 21.3 Å². The number of nitrogens with one attached hydrogen (secondary N) is 1. The number of halogens is 4. The number of hydrogen-bond acceptors (Lipinski definition) is 5. The van der Waals surface area contributed by atoms with Crippen molar-refractivity contribution >= 4 is 33.4 Å². The molecule has 0 unspecified atom stereocenters. The third-order valence-electron chi connectivity index (χ3n) is 3.67. The van der Waals surface area contributed by atoms with E-state index in [0.717, 1.165) is 12.1 Å². The molecule has 1 atom stereocenters. The molecule has 1 aliphatic rings. The first-order valence-electron chi connectivity index (χ1n) is 10.2. The predicted octanol–water partition coefficient (Wildman–Crippen LogP) is 4.21. The largest absolute Gasteiger partial charge is 0.699 e. The highest BCUT2D eigenvalue weighted by atomic mass is 79.9. The molecule has 1 aromatic carbocycles. The highest BCUT2D eigenvalue weighted by molar-refractivity contribution is 9.10. The normalized spacial score (nSPS) is 21.6. The Kier molecular flexibility index (Phi) is 5.14. The van der Waals surface area contributed by atoms with Gasteiger partial charge >= 0.3 is 5.97 Å². The maximum atomic E-state index is 14.1. The third kappa shape index (κ3) is 5.04. The zero-order chi connectivity index (χ0) is 26.0. The topological polar surface area (TPSA) is 122 Å². The van der Waals surface area contributed by atoms with E-state index in [1.54, 1.807) is 0 Å². The van der Waals surface area contributed by atoms with Crippen LogP contribution in [0.3, 0.4) is 0 Å². The lowest BCUT2D eigenvalue weighted by atomic mass is 9.90. The zero-order valence-corrected chi connectivity index (χ0v) is 16.1. The van der Waals surface area contributed by atoms with Gasteiger partial charge in [-0.1, -0.05) is 18.2 Å². The van der Waals surface area contributed by atoms with Crippen LogP contribution in [0.5, 0.6) is 0 Å². The molecule has 2 aromatic rings. The van der Waals surface area contributed by atoms with Crippen molar-refractivity contribution in [1.82, 2.24) is 4.98 Å². The van der Waals surface area contributed by atoms with Gasteiger partial charge in [0.2, 0.25) is 0 Å². The Bertz CT molecular complexity index is 1140. The van der Waals surface area contributed by atoms with Crippen molar-refractivity contribution in [3.8, 4) is 0 Å². The molecule has 2 heterocycles. The van der Waals surface area contributed by atoms with Crippen LogP contribution >= 0.6 is 15.9 Å². The number of ether oxygens (including phenoxy) is 1. The Morgan fingerprint density at radius 2 is 2.28 bits per heavy atom. The summed E-state index contributed by atoms with van der Waals surface area (Å²) in [5.74, 6) is -2.57. The van der Waals surface area contributed by atoms with Crippen molar-refractivity contribution in [3.63, 3.8) is 0 Å². The fraction of sp³-hybridized carbons (Fsp3) is 0.278. The molecule has 1 aromatic heterocycles. The zero-order valence-electron chi connectivity index (χ0n) is 19.5. The fourth-order valence-electron chi connectivity index (χ4n) is 2.38. The van der Waals surface area contributed by atoms with Gasteiger partial charge in [-0.2, -0.15) is 0 Å². The number of nitrogens with two attached hydrogens (primary N) is 1. The molecule has 29 heavy (non-hydrogen) atoms. The Balaban J connectivity index is 0.000000248. The fourth-order valence-corrected chi connectivity index (χ4v) is 2.84. The molecule has 0 radical (unpaired) electrons. The SMILES string of the molecule is [2H]c1cc([2H])c(C([2H])([2H])[2H])c(C(=O)O)n1.[NH-]c1cc(Br)c(F)c([C@]2(C(F)F)COCC(N)=N2)c1. The lowest BCUT2D eigenvalue weighted by Crippen LogP contribution is -2.45. The van der Waals surface area contributed by atoms with E-state index in [-0.39, 0.29) is 22.6 Å². The molecule has 0 saturated heterocycles. The molecule has 7 nitrogen and oxygen atoms in total. The first-order valence-corrected chi connectivity index (χ1v) is 8.52. The minimum Gasteiger partial charge on any atom is -0.699 e. The summed E-state index contributed by atoms with van der Waals surface area (Å²) in [6.45, 7) is -3.28. The molecular weight excluding hydrogens is 457 g/mol. The van der Waals surface area contributed by atoms with Crippen molar-refractivity contribution < 1.29 is 34.7 Å². The quantitative estimate of drug-likeness (QED) is 0.683. The van der Waals surface area contributed by atoms with Gasteiger partial charge in [-0.25, -0.2) is 22.9 Å². The summed E-state index contributed by atoms with van der Waals surface area (Å²) >= 11 is 2.89. The minimum atomic E-state index is -3.01. The van der Waals surface area contributed by atoms with E-state index in [1.807, 2.05) is 0 Å². The monoisotopic (exact) mass is 478 g/mol. The summed E-state index contributed by atoms with van der Waals surface area (Å²) in [5.41, 5.74) is 8.83. The van der Waals surface area contributed by atoms with Gasteiger partial charge in [-0.3, -0.25) is 4.99 Å². The molecule has 0 bridgehead atoms. The van der Waals surface area contributed by atoms with E-state index in [0.29, 0.717) is 0 Å². The number of carboxylic acids is 1. The third-order valence-corrected chi connectivity index (χ3v) is 4.24. The number of alkyl halides is 2. The van der Waals surface area contributed by atoms with Crippen LogP contribution < -0.4 is 5.73 Å². The van der Waals surface area contributed by atoms with Crippen molar-refractivity contribution in [2.45, 2.75) is 18.8 Å². The van der Waals surface area contributed by atoms with Crippen LogP contribution in [0.4, 0.5) is 18.9 Å². The summed E-state index contributed by atoms with van der Waals surface area (Å²) < 4.78 is 81.4. The van der Waals surface area contributed by atoms with Gasteiger partial charge in [0.05, 0.1) is 13.8 Å². The van der Waals surface area contributed by atoms with Crippen LogP contribution in [0.15, 0.2) is 39.9 Å². The maximum absolute atomic E-state index is 14.1. The second-order valence-corrected chi connectivity index (χ2v) is 6.55. The van der Waals surface area contributed by atoms with E-state index in [9.17, 15) is 18.0 Å². The molecule has 156 valence electrons. The maximum Gasteiger partial charge on any atom is 0.354 e. The molecule has 11 heteroatoms. The van der Waals surface area contributed by atoms with Crippen LogP contribution in [-0.4, -0.2) is 41.5 Å². The number of rotatable bonds is 3. The van der Waals surface area contributed by atoms with Crippen LogP contribution in [0, 0.1) is 12.7 Å². The van der Waals surface area contributed by atoms with Gasteiger partial charge in [0.1, 0.15) is 18.3 Å². The molecule has 0 aliphatic carbocycles. The van der Waals surface area contributed by atoms with Gasteiger partial charge in [-0.15, -0.1) is 5.69 Å². The van der Waals surface area contributed by atoms with Gasteiger partial charge in [-0.05, 0) is 34.4 Å². The average molecular weight is 479 g/mol. The number of aliphatic imine (C=N–C) groups is 1. The molecular formula is C18H17BrF3N4O3-. The number of nitrogens with zero attached hydrogens (tertiary/aromatic N) is 2. The minimum absolute atomic E-state index is 0.0716. The van der Waals surface area contributed by atoms with Gasteiger partial charge in [0.25, 0.3) is 6.43 Å². The highest BCUT2D eigenvalue weighted by Gasteiger charge is 2.46. The van der Waals surface area contributed by atoms with Crippen LogP contribution in [0.1, 0.15) is 28.5 Å². The summed E-state index contributed by atoms with van der Waals surface area (Å²) in [5, 5.41) is 8.70. The Morgan fingerprint density at radius 3 is 2.86 bits per heavy atom. The Hall–Kier alpha value is -2.66. The average Bonchev–Trinajstić information content (AvgIpc) is 2.69. The van der Waals surface area contributed by atoms with Crippen LogP contribution in [-0.2, 0) is 10.3 Å². The summed E-state index contributed by atoms with van der Waals surface area (Å²) in [4.78, 5) is 17.7. The van der Waals surface area contributed by atoms with Crippen LogP contribution in [0.2, 0.25) is 0 Å². The van der Waals surface area contributed by atoms with E-state index in [2.05, 4.69) is 25.9 Å². The van der Waals surface area contributed by atoms with Gasteiger partial charge in [0.15, 0.2) is 11.2 Å². The number of carbonyl (C=O) groups is 1. The van der Waals surface area contributed by atoms with Crippen molar-refractivity contribution in [1.29, 1.82) is 0 Å². The lowest BCUT2D eigenvalue weighted by molar-refractivity contribution is -0.0146. The highest BCUT2D eigenvalue weighted by Crippen LogP contribution is 2.40. The summed E-state index contributed by atoms with van der Waals surface area (Å²) in [7, 11) is 0. The summed E-state index contributed by atoms with van der Waals surface area (Å²) in [6, 6.07) is 2.58. The lowest BCUT2D eigenvalue weighted by Gasteiger charge is -2.34. The number of aromatic carboxylic acids is 1. The number of amidine groups is 1.